The number of nitrogens with zero attached hydrogens (tertiary/aromatic N) is 1. The Morgan fingerprint density at radius 1 is 1.00 bits per heavy atom. The lowest BCUT2D eigenvalue weighted by Crippen LogP contribution is -2.32. The molecule has 0 radical (unpaired) electrons. The zero-order chi connectivity index (χ0) is 24.7. The first-order valence-electron chi connectivity index (χ1n) is 10.2. The van der Waals surface area contributed by atoms with E-state index in [1.165, 1.54) is 6.21 Å². The Balaban J connectivity index is 1.63. The molecule has 0 atom stereocenters. The van der Waals surface area contributed by atoms with Gasteiger partial charge in [-0.25, -0.2) is 5.43 Å². The summed E-state index contributed by atoms with van der Waals surface area (Å²) in [4.78, 5) is 24.3. The molecular formula is C25H23Br2N3O4. The predicted molar refractivity (Wildman–Crippen MR) is 139 cm³/mol. The van der Waals surface area contributed by atoms with Crippen LogP contribution in [0, 0.1) is 13.8 Å². The van der Waals surface area contributed by atoms with E-state index in [1.807, 2.05) is 44.2 Å². The Labute approximate surface area is 214 Å². The molecule has 34 heavy (non-hydrogen) atoms. The van der Waals surface area contributed by atoms with Gasteiger partial charge in [-0.2, -0.15) is 5.10 Å². The minimum absolute atomic E-state index is 0.387. The first kappa shape index (κ1) is 25.5. The van der Waals surface area contributed by atoms with Crippen LogP contribution in [0.4, 0.5) is 5.69 Å². The Morgan fingerprint density at radius 2 is 1.76 bits per heavy atom. The monoisotopic (exact) mass is 587 g/mol. The molecule has 0 aliphatic heterocycles. The summed E-state index contributed by atoms with van der Waals surface area (Å²) >= 11 is 6.86. The van der Waals surface area contributed by atoms with E-state index in [2.05, 4.69) is 47.7 Å². The molecule has 2 amide bonds. The van der Waals surface area contributed by atoms with E-state index in [0.717, 1.165) is 21.2 Å². The number of carbonyl (C=O) groups excluding carboxylic acids is 2. The molecule has 0 aliphatic carbocycles. The number of ether oxygens (including phenoxy) is 2. The Bertz CT molecular complexity index is 1240. The van der Waals surface area contributed by atoms with Crippen LogP contribution >= 0.6 is 31.9 Å². The number of nitrogens with one attached hydrogen (secondary N) is 2. The standard InChI is InChI=1S/C25H23Br2N3O4/c1-15-6-4-5-7-18(15)14-34-23-20(27)11-17(12-22(23)33-3)13-28-30-25(32)24(31)29-21-9-8-19(26)10-16(21)2/h4-13H,14H2,1-3H3,(H,29,31)(H,30,32)/b28-13+. The number of hydrogen-bond donors (Lipinski definition) is 2. The molecular weight excluding hydrogens is 566 g/mol. The van der Waals surface area contributed by atoms with Crippen molar-refractivity contribution in [1.82, 2.24) is 5.43 Å². The van der Waals surface area contributed by atoms with Gasteiger partial charge >= 0.3 is 11.8 Å². The molecule has 0 spiro atoms. The number of amides is 2. The third-order valence-electron chi connectivity index (χ3n) is 4.91. The fourth-order valence-electron chi connectivity index (χ4n) is 3.04. The number of aryl methyl sites for hydroxylation is 2. The molecule has 0 aliphatic rings. The van der Waals surface area contributed by atoms with Gasteiger partial charge < -0.3 is 14.8 Å². The highest BCUT2D eigenvalue weighted by Crippen LogP contribution is 2.37. The predicted octanol–water partition coefficient (Wildman–Crippen LogP) is 5.50. The molecule has 3 aromatic carbocycles. The number of hydrogen-bond acceptors (Lipinski definition) is 5. The molecule has 0 saturated heterocycles. The average molecular weight is 589 g/mol. The highest BCUT2D eigenvalue weighted by atomic mass is 79.9. The molecule has 2 N–H and O–H groups in total. The molecule has 7 nitrogen and oxygen atoms in total. The summed E-state index contributed by atoms with van der Waals surface area (Å²) in [6.45, 7) is 4.24. The SMILES string of the molecule is COc1cc(/C=N/NC(=O)C(=O)Nc2ccc(Br)cc2C)cc(Br)c1OCc1ccccc1C. The van der Waals surface area contributed by atoms with E-state index in [1.54, 1.807) is 31.4 Å². The summed E-state index contributed by atoms with van der Waals surface area (Å²) in [6, 6.07) is 16.8. The van der Waals surface area contributed by atoms with Crippen LogP contribution in [0.1, 0.15) is 22.3 Å². The zero-order valence-electron chi connectivity index (χ0n) is 18.8. The van der Waals surface area contributed by atoms with Gasteiger partial charge in [0.15, 0.2) is 11.5 Å². The van der Waals surface area contributed by atoms with Gasteiger partial charge in [-0.05, 0) is 82.4 Å². The number of carbonyl (C=O) groups is 2. The summed E-state index contributed by atoms with van der Waals surface area (Å²) in [7, 11) is 1.54. The molecule has 0 bridgehead atoms. The number of hydrazone groups is 1. The van der Waals surface area contributed by atoms with Gasteiger partial charge in [0.2, 0.25) is 0 Å². The van der Waals surface area contributed by atoms with Gasteiger partial charge in [0.1, 0.15) is 6.61 Å². The van der Waals surface area contributed by atoms with Crippen molar-refractivity contribution in [3.63, 3.8) is 0 Å². The highest BCUT2D eigenvalue weighted by Gasteiger charge is 2.15. The van der Waals surface area contributed by atoms with Crippen molar-refractivity contribution >= 4 is 55.6 Å². The molecule has 0 saturated carbocycles. The van der Waals surface area contributed by atoms with Crippen molar-refractivity contribution < 1.29 is 19.1 Å². The van der Waals surface area contributed by atoms with Crippen molar-refractivity contribution in [2.45, 2.75) is 20.5 Å². The summed E-state index contributed by atoms with van der Waals surface area (Å²) < 4.78 is 13.0. The first-order valence-corrected chi connectivity index (χ1v) is 11.8. The van der Waals surface area contributed by atoms with Gasteiger partial charge in [-0.3, -0.25) is 9.59 Å². The van der Waals surface area contributed by atoms with Crippen LogP contribution in [-0.4, -0.2) is 25.1 Å². The van der Waals surface area contributed by atoms with E-state index < -0.39 is 11.8 Å². The van der Waals surface area contributed by atoms with Crippen LogP contribution in [0.25, 0.3) is 0 Å². The highest BCUT2D eigenvalue weighted by molar-refractivity contribution is 9.10. The third kappa shape index (κ3) is 6.68. The quantitative estimate of drug-likeness (QED) is 0.216. The van der Waals surface area contributed by atoms with Crippen LogP contribution in [0.2, 0.25) is 0 Å². The fraction of sp³-hybridized carbons (Fsp3) is 0.160. The molecule has 176 valence electrons. The summed E-state index contributed by atoms with van der Waals surface area (Å²) in [5.74, 6) is -0.653. The summed E-state index contributed by atoms with van der Waals surface area (Å²) in [5.41, 5.74) is 6.43. The van der Waals surface area contributed by atoms with Crippen molar-refractivity contribution in [1.29, 1.82) is 0 Å². The maximum atomic E-state index is 12.2. The second-order valence-corrected chi connectivity index (χ2v) is 9.13. The number of methoxy groups -OCH3 is 1. The van der Waals surface area contributed by atoms with Crippen LogP contribution in [0.3, 0.4) is 0 Å². The summed E-state index contributed by atoms with van der Waals surface area (Å²) in [6.07, 6.45) is 1.41. The minimum atomic E-state index is -0.886. The molecule has 3 aromatic rings. The Hall–Kier alpha value is -3.17. The summed E-state index contributed by atoms with van der Waals surface area (Å²) in [5, 5.41) is 6.44. The number of halogens is 2. The second kappa shape index (κ2) is 11.8. The van der Waals surface area contributed by atoms with Crippen LogP contribution in [-0.2, 0) is 16.2 Å². The Kier molecular flexibility index (Phi) is 8.84. The van der Waals surface area contributed by atoms with Crippen molar-refractivity contribution in [2.75, 3.05) is 12.4 Å². The zero-order valence-corrected chi connectivity index (χ0v) is 22.0. The van der Waals surface area contributed by atoms with Crippen molar-refractivity contribution in [3.05, 3.63) is 85.8 Å². The molecule has 9 heteroatoms. The van der Waals surface area contributed by atoms with Crippen molar-refractivity contribution in [3.8, 4) is 11.5 Å². The lowest BCUT2D eigenvalue weighted by molar-refractivity contribution is -0.136. The number of benzene rings is 3. The fourth-order valence-corrected chi connectivity index (χ4v) is 4.09. The van der Waals surface area contributed by atoms with E-state index in [9.17, 15) is 9.59 Å². The minimum Gasteiger partial charge on any atom is -0.493 e. The van der Waals surface area contributed by atoms with Gasteiger partial charge in [0, 0.05) is 10.2 Å². The third-order valence-corrected chi connectivity index (χ3v) is 5.99. The van der Waals surface area contributed by atoms with E-state index in [-0.39, 0.29) is 0 Å². The van der Waals surface area contributed by atoms with E-state index in [0.29, 0.717) is 33.8 Å². The van der Waals surface area contributed by atoms with Crippen LogP contribution < -0.4 is 20.2 Å². The largest absolute Gasteiger partial charge is 0.493 e. The smallest absolute Gasteiger partial charge is 0.329 e. The molecule has 0 aromatic heterocycles. The lowest BCUT2D eigenvalue weighted by Gasteiger charge is -2.14. The first-order chi connectivity index (χ1) is 16.3. The topological polar surface area (TPSA) is 89.0 Å². The maximum Gasteiger partial charge on any atom is 0.329 e. The van der Waals surface area contributed by atoms with Gasteiger partial charge in [-0.1, -0.05) is 40.2 Å². The molecule has 0 fully saturated rings. The molecule has 0 heterocycles. The Morgan fingerprint density at radius 3 is 2.47 bits per heavy atom. The normalized spacial score (nSPS) is 10.7. The van der Waals surface area contributed by atoms with Gasteiger partial charge in [0.25, 0.3) is 0 Å². The van der Waals surface area contributed by atoms with E-state index in [4.69, 9.17) is 9.47 Å². The van der Waals surface area contributed by atoms with Crippen LogP contribution in [0.5, 0.6) is 11.5 Å². The van der Waals surface area contributed by atoms with E-state index >= 15 is 0 Å². The van der Waals surface area contributed by atoms with Crippen molar-refractivity contribution in [2.24, 2.45) is 5.10 Å². The lowest BCUT2D eigenvalue weighted by atomic mass is 10.1. The molecule has 0 unspecified atom stereocenters. The number of anilines is 1. The average Bonchev–Trinajstić information content (AvgIpc) is 2.80. The maximum absolute atomic E-state index is 12.2. The second-order valence-electron chi connectivity index (χ2n) is 7.36. The van der Waals surface area contributed by atoms with Gasteiger partial charge in [0.05, 0.1) is 17.8 Å². The van der Waals surface area contributed by atoms with Gasteiger partial charge in [-0.15, -0.1) is 0 Å². The number of rotatable bonds is 7. The van der Waals surface area contributed by atoms with Crippen LogP contribution in [0.15, 0.2) is 68.6 Å². The molecule has 3 rings (SSSR count).